The summed E-state index contributed by atoms with van der Waals surface area (Å²) < 4.78 is 1.19. The van der Waals surface area contributed by atoms with Crippen LogP contribution in [0.25, 0.3) is 10.2 Å². The summed E-state index contributed by atoms with van der Waals surface area (Å²) in [5.41, 5.74) is 4.69. The van der Waals surface area contributed by atoms with E-state index in [-0.39, 0.29) is 5.91 Å². The van der Waals surface area contributed by atoms with E-state index in [2.05, 4.69) is 76.2 Å². The largest absolute Gasteiger partial charge is 0.309 e. The van der Waals surface area contributed by atoms with E-state index >= 15 is 0 Å². The molecule has 0 aliphatic heterocycles. The highest BCUT2D eigenvalue weighted by Gasteiger charge is 2.20. The van der Waals surface area contributed by atoms with Crippen LogP contribution in [0.4, 0.5) is 5.13 Å². The first-order valence-electron chi connectivity index (χ1n) is 10.9. The molecular weight excluding hydrogens is 422 g/mol. The van der Waals surface area contributed by atoms with E-state index in [0.29, 0.717) is 13.0 Å². The van der Waals surface area contributed by atoms with Crippen LogP contribution in [-0.2, 0) is 4.79 Å². The molecule has 31 heavy (non-hydrogen) atoms. The van der Waals surface area contributed by atoms with Crippen LogP contribution in [0, 0.1) is 20.8 Å². The normalized spacial score (nSPS) is 11.4. The number of nitrogens with zero attached hydrogens (tertiary/aromatic N) is 3. The second-order valence-corrected chi connectivity index (χ2v) is 10.5. The van der Waals surface area contributed by atoms with Crippen LogP contribution in [0.5, 0.6) is 0 Å². The number of carbonyl (C=O) groups is 1. The third kappa shape index (κ3) is 6.55. The van der Waals surface area contributed by atoms with Gasteiger partial charge in [-0.15, -0.1) is 11.8 Å². The number of thiazole rings is 1. The van der Waals surface area contributed by atoms with E-state index in [9.17, 15) is 4.79 Å². The van der Waals surface area contributed by atoms with Gasteiger partial charge in [0.05, 0.1) is 10.2 Å². The van der Waals surface area contributed by atoms with Gasteiger partial charge in [0.1, 0.15) is 0 Å². The number of aromatic nitrogens is 1. The number of hydrogen-bond donors (Lipinski definition) is 0. The van der Waals surface area contributed by atoms with Crippen LogP contribution in [-0.4, -0.2) is 48.7 Å². The molecule has 0 unspecified atom stereocenters. The first kappa shape index (κ1) is 23.8. The van der Waals surface area contributed by atoms with E-state index in [4.69, 9.17) is 4.98 Å². The lowest BCUT2D eigenvalue weighted by Gasteiger charge is -2.21. The van der Waals surface area contributed by atoms with Crippen molar-refractivity contribution in [3.05, 3.63) is 53.1 Å². The Morgan fingerprint density at radius 2 is 1.68 bits per heavy atom. The molecular formula is C25H33N3OS2. The molecule has 0 atom stereocenters. The fourth-order valence-electron chi connectivity index (χ4n) is 3.42. The summed E-state index contributed by atoms with van der Waals surface area (Å²) in [7, 11) is 4.14. The van der Waals surface area contributed by atoms with Gasteiger partial charge in [0, 0.05) is 17.9 Å². The summed E-state index contributed by atoms with van der Waals surface area (Å²) in [6.45, 7) is 7.97. The van der Waals surface area contributed by atoms with Crippen molar-refractivity contribution >= 4 is 44.4 Å². The predicted octanol–water partition coefficient (Wildman–Crippen LogP) is 6.08. The minimum atomic E-state index is 0.178. The Morgan fingerprint density at radius 3 is 2.35 bits per heavy atom. The van der Waals surface area contributed by atoms with Crippen molar-refractivity contribution in [1.82, 2.24) is 9.88 Å². The molecule has 6 heteroatoms. The summed E-state index contributed by atoms with van der Waals surface area (Å²) >= 11 is 3.46. The van der Waals surface area contributed by atoms with Crippen molar-refractivity contribution < 1.29 is 4.79 Å². The Morgan fingerprint density at radius 1 is 0.968 bits per heavy atom. The maximum absolute atomic E-state index is 13.2. The molecule has 166 valence electrons. The first-order chi connectivity index (χ1) is 14.8. The van der Waals surface area contributed by atoms with Crippen LogP contribution < -0.4 is 4.90 Å². The Bertz CT molecular complexity index is 973. The zero-order valence-electron chi connectivity index (χ0n) is 19.3. The van der Waals surface area contributed by atoms with Gasteiger partial charge >= 0.3 is 0 Å². The zero-order valence-corrected chi connectivity index (χ0v) is 20.9. The number of fused-ring (bicyclic) bond motifs is 1. The van der Waals surface area contributed by atoms with Crippen LogP contribution in [0.15, 0.2) is 41.3 Å². The van der Waals surface area contributed by atoms with Crippen molar-refractivity contribution in [3.63, 3.8) is 0 Å². The van der Waals surface area contributed by atoms with Gasteiger partial charge in [-0.25, -0.2) is 4.98 Å². The topological polar surface area (TPSA) is 36.4 Å². The standard InChI is InChI=1S/C25H33N3OS2/c1-18-9-13-21(14-10-18)30-17-6-8-22(29)28(16-7-15-27(4)5)25-26-23-19(2)11-12-20(3)24(23)31-25/h9-14H,6-8,15-17H2,1-5H3. The van der Waals surface area contributed by atoms with E-state index in [1.54, 1.807) is 11.3 Å². The van der Waals surface area contributed by atoms with Crippen molar-refractivity contribution in [1.29, 1.82) is 0 Å². The highest BCUT2D eigenvalue weighted by atomic mass is 32.2. The van der Waals surface area contributed by atoms with Crippen LogP contribution in [0.2, 0.25) is 0 Å². The first-order valence-corrected chi connectivity index (χ1v) is 12.7. The van der Waals surface area contributed by atoms with Crippen LogP contribution >= 0.6 is 23.1 Å². The third-order valence-corrected chi connectivity index (χ3v) is 7.59. The van der Waals surface area contributed by atoms with Gasteiger partial charge in [-0.1, -0.05) is 41.2 Å². The number of carbonyl (C=O) groups excluding carboxylic acids is 1. The molecule has 0 aliphatic rings. The van der Waals surface area contributed by atoms with Crippen LogP contribution in [0.3, 0.4) is 0 Å². The van der Waals surface area contributed by atoms with Gasteiger partial charge in [-0.05, 0) is 83.3 Å². The Balaban J connectivity index is 1.67. The lowest BCUT2D eigenvalue weighted by molar-refractivity contribution is -0.118. The smallest absolute Gasteiger partial charge is 0.228 e. The fraction of sp³-hybridized carbons (Fsp3) is 0.440. The summed E-state index contributed by atoms with van der Waals surface area (Å²) in [5, 5.41) is 0.836. The molecule has 3 rings (SSSR count). The average molecular weight is 456 g/mol. The number of hydrogen-bond acceptors (Lipinski definition) is 5. The van der Waals surface area contributed by atoms with E-state index < -0.39 is 0 Å². The molecule has 3 aromatic rings. The Hall–Kier alpha value is -1.89. The molecule has 1 aromatic heterocycles. The van der Waals surface area contributed by atoms with Gasteiger partial charge in [0.2, 0.25) is 5.91 Å². The van der Waals surface area contributed by atoms with E-state index in [1.165, 1.54) is 26.3 Å². The highest BCUT2D eigenvalue weighted by Crippen LogP contribution is 2.33. The molecule has 0 bridgehead atoms. The monoisotopic (exact) mass is 455 g/mol. The zero-order chi connectivity index (χ0) is 22.4. The van der Waals surface area contributed by atoms with Gasteiger partial charge in [0.25, 0.3) is 0 Å². The van der Waals surface area contributed by atoms with Gasteiger partial charge in [-0.3, -0.25) is 9.69 Å². The predicted molar refractivity (Wildman–Crippen MR) is 136 cm³/mol. The second kappa shape index (κ2) is 11.1. The summed E-state index contributed by atoms with van der Waals surface area (Å²) in [5.74, 6) is 1.12. The van der Waals surface area contributed by atoms with Crippen molar-refractivity contribution in [3.8, 4) is 0 Å². The third-order valence-electron chi connectivity index (χ3n) is 5.27. The molecule has 1 amide bonds. The number of rotatable bonds is 10. The van der Waals surface area contributed by atoms with Crippen molar-refractivity contribution in [2.24, 2.45) is 0 Å². The number of benzene rings is 2. The molecule has 2 aromatic carbocycles. The number of thioether (sulfide) groups is 1. The Labute approximate surface area is 194 Å². The summed E-state index contributed by atoms with van der Waals surface area (Å²) in [4.78, 5) is 23.4. The summed E-state index contributed by atoms with van der Waals surface area (Å²) in [6, 6.07) is 12.8. The molecule has 0 spiro atoms. The maximum Gasteiger partial charge on any atom is 0.228 e. The molecule has 0 aliphatic carbocycles. The Kier molecular flexibility index (Phi) is 8.52. The van der Waals surface area contributed by atoms with Gasteiger partial charge < -0.3 is 4.90 Å². The van der Waals surface area contributed by atoms with Crippen molar-refractivity contribution in [2.45, 2.75) is 44.9 Å². The summed E-state index contributed by atoms with van der Waals surface area (Å²) in [6.07, 6.45) is 2.35. The quantitative estimate of drug-likeness (QED) is 0.274. The lowest BCUT2D eigenvalue weighted by Crippen LogP contribution is -2.33. The average Bonchev–Trinajstić information content (AvgIpc) is 3.19. The lowest BCUT2D eigenvalue weighted by atomic mass is 10.1. The fourth-order valence-corrected chi connectivity index (χ4v) is 5.43. The number of aryl methyl sites for hydroxylation is 3. The molecule has 0 saturated heterocycles. The molecule has 0 N–H and O–H groups in total. The van der Waals surface area contributed by atoms with E-state index in [1.807, 2.05) is 16.7 Å². The maximum atomic E-state index is 13.2. The van der Waals surface area contributed by atoms with E-state index in [0.717, 1.165) is 35.8 Å². The van der Waals surface area contributed by atoms with Gasteiger partial charge in [0.15, 0.2) is 5.13 Å². The molecule has 1 heterocycles. The highest BCUT2D eigenvalue weighted by molar-refractivity contribution is 7.99. The molecule has 4 nitrogen and oxygen atoms in total. The molecule has 0 radical (unpaired) electrons. The van der Waals surface area contributed by atoms with Gasteiger partial charge in [-0.2, -0.15) is 0 Å². The minimum absolute atomic E-state index is 0.178. The molecule has 0 fully saturated rings. The molecule has 0 saturated carbocycles. The minimum Gasteiger partial charge on any atom is -0.309 e. The second-order valence-electron chi connectivity index (χ2n) is 8.34. The number of anilines is 1. The van der Waals surface area contributed by atoms with Crippen LogP contribution in [0.1, 0.15) is 36.0 Å². The SMILES string of the molecule is Cc1ccc(SCCCC(=O)N(CCCN(C)C)c2nc3c(C)ccc(C)c3s2)cc1. The van der Waals surface area contributed by atoms with Crippen molar-refractivity contribution in [2.75, 3.05) is 37.8 Å². The number of amides is 1.